The van der Waals surface area contributed by atoms with Crippen molar-refractivity contribution in [2.24, 2.45) is 5.92 Å². The Hall–Kier alpha value is -3.61. The molecule has 0 saturated carbocycles. The molecule has 0 aliphatic carbocycles. The fraction of sp³-hybridized carbons (Fsp3) is 0.320. The molecule has 3 N–H and O–H groups in total. The highest BCUT2D eigenvalue weighted by atomic mass is 16.2. The molecule has 2 aromatic carbocycles. The van der Waals surface area contributed by atoms with Crippen LogP contribution in [0.3, 0.4) is 0 Å². The van der Waals surface area contributed by atoms with Gasteiger partial charge in [0.05, 0.1) is 5.92 Å². The SMILES string of the molecule is CC(=O)Nc1cccc(NC(=O)[C@@H]2CCCN(C(=O)CCc3c[nH]c4ccccc34)C2)c1. The summed E-state index contributed by atoms with van der Waals surface area (Å²) in [5, 5.41) is 6.79. The highest BCUT2D eigenvalue weighted by molar-refractivity contribution is 5.95. The Balaban J connectivity index is 1.33. The minimum atomic E-state index is -0.245. The average molecular weight is 433 g/mol. The summed E-state index contributed by atoms with van der Waals surface area (Å²) >= 11 is 0. The van der Waals surface area contributed by atoms with Crippen LogP contribution in [-0.2, 0) is 20.8 Å². The zero-order chi connectivity index (χ0) is 22.5. The summed E-state index contributed by atoms with van der Waals surface area (Å²) in [7, 11) is 0. The Morgan fingerprint density at radius 1 is 1.06 bits per heavy atom. The van der Waals surface area contributed by atoms with Gasteiger partial charge < -0.3 is 20.5 Å². The van der Waals surface area contributed by atoms with E-state index in [9.17, 15) is 14.4 Å². The van der Waals surface area contributed by atoms with Crippen molar-refractivity contribution in [3.05, 3.63) is 60.3 Å². The number of hydrogen-bond donors (Lipinski definition) is 3. The number of H-pyrrole nitrogens is 1. The van der Waals surface area contributed by atoms with Crippen LogP contribution in [0.15, 0.2) is 54.7 Å². The first-order valence-electron chi connectivity index (χ1n) is 11.0. The Labute approximate surface area is 187 Å². The molecular formula is C25H28N4O3. The molecule has 3 amide bonds. The predicted octanol–water partition coefficient (Wildman–Crippen LogP) is 3.94. The first kappa shape index (κ1) is 21.6. The third-order valence-corrected chi connectivity index (χ3v) is 5.88. The van der Waals surface area contributed by atoms with Crippen LogP contribution in [0.2, 0.25) is 0 Å². The number of amides is 3. The lowest BCUT2D eigenvalue weighted by molar-refractivity contribution is -0.134. The molecule has 1 aromatic heterocycles. The lowest BCUT2D eigenvalue weighted by Crippen LogP contribution is -2.43. The molecule has 1 aliphatic rings. The summed E-state index contributed by atoms with van der Waals surface area (Å²) in [4.78, 5) is 42.0. The quantitative estimate of drug-likeness (QED) is 0.551. The van der Waals surface area contributed by atoms with E-state index in [2.05, 4.69) is 21.7 Å². The van der Waals surface area contributed by atoms with E-state index in [0.29, 0.717) is 37.3 Å². The van der Waals surface area contributed by atoms with Crippen LogP contribution in [-0.4, -0.2) is 40.7 Å². The number of rotatable bonds is 6. The van der Waals surface area contributed by atoms with Crippen LogP contribution in [0.4, 0.5) is 11.4 Å². The molecule has 7 heteroatoms. The van der Waals surface area contributed by atoms with Gasteiger partial charge in [0.25, 0.3) is 0 Å². The van der Waals surface area contributed by atoms with E-state index in [0.717, 1.165) is 29.3 Å². The maximum Gasteiger partial charge on any atom is 0.229 e. The van der Waals surface area contributed by atoms with Gasteiger partial charge in [0.1, 0.15) is 0 Å². The fourth-order valence-electron chi connectivity index (χ4n) is 4.28. The van der Waals surface area contributed by atoms with E-state index in [1.54, 1.807) is 24.3 Å². The molecule has 7 nitrogen and oxygen atoms in total. The Kier molecular flexibility index (Phi) is 6.54. The third-order valence-electron chi connectivity index (χ3n) is 5.88. The summed E-state index contributed by atoms with van der Waals surface area (Å²) in [6, 6.07) is 15.1. The molecular weight excluding hydrogens is 404 g/mol. The summed E-state index contributed by atoms with van der Waals surface area (Å²) in [5.41, 5.74) is 3.48. The zero-order valence-electron chi connectivity index (χ0n) is 18.2. The number of nitrogens with zero attached hydrogens (tertiary/aromatic N) is 1. The summed E-state index contributed by atoms with van der Waals surface area (Å²) in [6.45, 7) is 2.57. The number of para-hydroxylation sites is 1. The van der Waals surface area contributed by atoms with Crippen molar-refractivity contribution in [1.82, 2.24) is 9.88 Å². The number of aromatic amines is 1. The number of piperidine rings is 1. The first-order chi connectivity index (χ1) is 15.5. The maximum absolute atomic E-state index is 12.8. The maximum atomic E-state index is 12.8. The monoisotopic (exact) mass is 432 g/mol. The number of hydrogen-bond acceptors (Lipinski definition) is 3. The standard InChI is InChI=1S/C25H28N4O3/c1-17(30)27-20-7-4-8-21(14-20)28-25(32)19-6-5-13-29(16-19)24(31)12-11-18-15-26-23-10-3-2-9-22(18)23/h2-4,7-10,14-15,19,26H,5-6,11-13,16H2,1H3,(H,27,30)(H,28,32)/t19-/m1/s1. The Morgan fingerprint density at radius 2 is 1.84 bits per heavy atom. The minimum absolute atomic E-state index is 0.0837. The minimum Gasteiger partial charge on any atom is -0.361 e. The number of nitrogens with one attached hydrogen (secondary N) is 3. The highest BCUT2D eigenvalue weighted by Gasteiger charge is 2.28. The smallest absolute Gasteiger partial charge is 0.229 e. The molecule has 4 rings (SSSR count). The van der Waals surface area contributed by atoms with Gasteiger partial charge in [0.15, 0.2) is 0 Å². The van der Waals surface area contributed by atoms with Crippen LogP contribution >= 0.6 is 0 Å². The van der Waals surface area contributed by atoms with Gasteiger partial charge in [-0.25, -0.2) is 0 Å². The van der Waals surface area contributed by atoms with Crippen molar-refractivity contribution < 1.29 is 14.4 Å². The van der Waals surface area contributed by atoms with Gasteiger partial charge in [-0.05, 0) is 49.1 Å². The number of aromatic nitrogens is 1. The molecule has 0 unspecified atom stereocenters. The van der Waals surface area contributed by atoms with Gasteiger partial charge in [-0.1, -0.05) is 24.3 Å². The number of anilines is 2. The summed E-state index contributed by atoms with van der Waals surface area (Å²) in [5.74, 6) is -0.424. The molecule has 166 valence electrons. The molecule has 1 aliphatic heterocycles. The van der Waals surface area contributed by atoms with Crippen LogP contribution in [0.5, 0.6) is 0 Å². The summed E-state index contributed by atoms with van der Waals surface area (Å²) in [6.07, 6.45) is 4.63. The number of carbonyl (C=O) groups is 3. The van der Waals surface area contributed by atoms with Crippen LogP contribution in [0, 0.1) is 5.92 Å². The Bertz CT molecular complexity index is 1140. The molecule has 2 heterocycles. The van der Waals surface area contributed by atoms with Crippen LogP contribution in [0.1, 0.15) is 31.7 Å². The largest absolute Gasteiger partial charge is 0.361 e. The molecule has 1 atom stereocenters. The van der Waals surface area contributed by atoms with Gasteiger partial charge in [-0.3, -0.25) is 14.4 Å². The van der Waals surface area contributed by atoms with Gasteiger partial charge >= 0.3 is 0 Å². The van der Waals surface area contributed by atoms with E-state index in [1.807, 2.05) is 29.3 Å². The molecule has 1 fully saturated rings. The van der Waals surface area contributed by atoms with Gasteiger partial charge in [-0.2, -0.15) is 0 Å². The van der Waals surface area contributed by atoms with Crippen molar-refractivity contribution in [3.63, 3.8) is 0 Å². The van der Waals surface area contributed by atoms with Crippen molar-refractivity contribution >= 4 is 40.0 Å². The Morgan fingerprint density at radius 3 is 2.66 bits per heavy atom. The molecule has 0 spiro atoms. The van der Waals surface area contributed by atoms with Crippen LogP contribution < -0.4 is 10.6 Å². The number of benzene rings is 2. The van der Waals surface area contributed by atoms with Crippen molar-refractivity contribution in [1.29, 1.82) is 0 Å². The molecule has 32 heavy (non-hydrogen) atoms. The van der Waals surface area contributed by atoms with Gasteiger partial charge in [-0.15, -0.1) is 0 Å². The second-order valence-electron chi connectivity index (χ2n) is 8.29. The lowest BCUT2D eigenvalue weighted by atomic mass is 9.96. The average Bonchev–Trinajstić information content (AvgIpc) is 3.20. The predicted molar refractivity (Wildman–Crippen MR) is 125 cm³/mol. The number of fused-ring (bicyclic) bond motifs is 1. The van der Waals surface area contributed by atoms with E-state index in [1.165, 1.54) is 6.92 Å². The number of aryl methyl sites for hydroxylation is 1. The van der Waals surface area contributed by atoms with Crippen molar-refractivity contribution in [2.45, 2.75) is 32.6 Å². The number of carbonyl (C=O) groups excluding carboxylic acids is 3. The molecule has 1 saturated heterocycles. The third kappa shape index (κ3) is 5.17. The number of likely N-dealkylation sites (tertiary alicyclic amines) is 1. The zero-order valence-corrected chi connectivity index (χ0v) is 18.2. The first-order valence-corrected chi connectivity index (χ1v) is 11.0. The van der Waals surface area contributed by atoms with E-state index < -0.39 is 0 Å². The summed E-state index contributed by atoms with van der Waals surface area (Å²) < 4.78 is 0. The second kappa shape index (κ2) is 9.68. The fourth-order valence-corrected chi connectivity index (χ4v) is 4.28. The lowest BCUT2D eigenvalue weighted by Gasteiger charge is -2.32. The van der Waals surface area contributed by atoms with Gasteiger partial charge in [0.2, 0.25) is 17.7 Å². The normalized spacial score (nSPS) is 16.0. The van der Waals surface area contributed by atoms with Crippen molar-refractivity contribution in [3.8, 4) is 0 Å². The van der Waals surface area contributed by atoms with Crippen molar-refractivity contribution in [2.75, 3.05) is 23.7 Å². The van der Waals surface area contributed by atoms with Crippen LogP contribution in [0.25, 0.3) is 10.9 Å². The molecule has 0 radical (unpaired) electrons. The molecule has 3 aromatic rings. The molecule has 0 bridgehead atoms. The topological polar surface area (TPSA) is 94.3 Å². The van der Waals surface area contributed by atoms with E-state index in [-0.39, 0.29) is 23.6 Å². The van der Waals surface area contributed by atoms with Gasteiger partial charge in [0, 0.05) is 54.9 Å². The van der Waals surface area contributed by atoms with E-state index >= 15 is 0 Å². The van der Waals surface area contributed by atoms with E-state index in [4.69, 9.17) is 0 Å². The highest BCUT2D eigenvalue weighted by Crippen LogP contribution is 2.23. The second-order valence-corrected chi connectivity index (χ2v) is 8.29.